The summed E-state index contributed by atoms with van der Waals surface area (Å²) >= 11 is 0. The van der Waals surface area contributed by atoms with Gasteiger partial charge in [0.15, 0.2) is 8.32 Å². The van der Waals surface area contributed by atoms with Crippen LogP contribution in [0.25, 0.3) is 0 Å². The van der Waals surface area contributed by atoms with Gasteiger partial charge in [-0.05, 0) is 39.4 Å². The van der Waals surface area contributed by atoms with Crippen LogP contribution in [0.1, 0.15) is 20.3 Å². The van der Waals surface area contributed by atoms with Gasteiger partial charge in [-0.15, -0.1) is 0 Å². The summed E-state index contributed by atoms with van der Waals surface area (Å²) in [6.45, 7) is 8.61. The van der Waals surface area contributed by atoms with Crippen molar-refractivity contribution in [2.24, 2.45) is 5.92 Å². The van der Waals surface area contributed by atoms with Gasteiger partial charge in [-0.25, -0.2) is 0 Å². The summed E-state index contributed by atoms with van der Waals surface area (Å²) in [6.07, 6.45) is 5.17. The number of rotatable bonds is 4. The Labute approximate surface area is 88.1 Å². The van der Waals surface area contributed by atoms with Gasteiger partial charge in [-0.1, -0.05) is 12.2 Å². The standard InChI is InChI=1S/C11H22O2Si/c1-9(2)13-14(3,4)8-10-6-5-7-11(10)12/h5-6,9-12H,7-8H2,1-4H3/t10-,11+/m1/s1. The lowest BCUT2D eigenvalue weighted by molar-refractivity contribution is 0.145. The number of hydrogen-bond donors (Lipinski definition) is 1. The quantitative estimate of drug-likeness (QED) is 0.576. The minimum absolute atomic E-state index is 0.169. The van der Waals surface area contributed by atoms with Crippen molar-refractivity contribution in [2.45, 2.75) is 51.6 Å². The lowest BCUT2D eigenvalue weighted by Gasteiger charge is -2.29. The molecule has 0 amide bonds. The van der Waals surface area contributed by atoms with Crippen molar-refractivity contribution in [3.63, 3.8) is 0 Å². The highest BCUT2D eigenvalue weighted by Gasteiger charge is 2.31. The topological polar surface area (TPSA) is 29.5 Å². The normalized spacial score (nSPS) is 27.6. The average molecular weight is 214 g/mol. The number of aliphatic hydroxyl groups is 1. The summed E-state index contributed by atoms with van der Waals surface area (Å²) in [5.41, 5.74) is 0. The molecule has 1 aliphatic rings. The summed E-state index contributed by atoms with van der Waals surface area (Å²) < 4.78 is 5.94. The summed E-state index contributed by atoms with van der Waals surface area (Å²) in [5, 5.41) is 9.69. The Hall–Kier alpha value is -0.123. The predicted octanol–water partition coefficient (Wildman–Crippen LogP) is 2.55. The Balaban J connectivity index is 2.45. The van der Waals surface area contributed by atoms with Crippen LogP contribution >= 0.6 is 0 Å². The van der Waals surface area contributed by atoms with Crippen molar-refractivity contribution in [1.29, 1.82) is 0 Å². The fourth-order valence-corrected chi connectivity index (χ4v) is 5.07. The third-order valence-corrected chi connectivity index (χ3v) is 5.10. The monoisotopic (exact) mass is 214 g/mol. The van der Waals surface area contributed by atoms with Gasteiger partial charge in [-0.3, -0.25) is 0 Å². The molecule has 0 aromatic carbocycles. The Morgan fingerprint density at radius 2 is 2.14 bits per heavy atom. The van der Waals surface area contributed by atoms with E-state index >= 15 is 0 Å². The Morgan fingerprint density at radius 1 is 1.50 bits per heavy atom. The predicted molar refractivity (Wildman–Crippen MR) is 61.8 cm³/mol. The molecular weight excluding hydrogens is 192 g/mol. The van der Waals surface area contributed by atoms with Gasteiger partial charge < -0.3 is 9.53 Å². The highest BCUT2D eigenvalue weighted by Crippen LogP contribution is 2.28. The van der Waals surface area contributed by atoms with Crippen LogP contribution in [-0.4, -0.2) is 25.6 Å². The maximum Gasteiger partial charge on any atom is 0.187 e. The van der Waals surface area contributed by atoms with Crippen molar-refractivity contribution in [3.05, 3.63) is 12.2 Å². The van der Waals surface area contributed by atoms with Crippen LogP contribution in [0.5, 0.6) is 0 Å². The van der Waals surface area contributed by atoms with E-state index in [1.165, 1.54) is 0 Å². The zero-order valence-electron chi connectivity index (χ0n) is 9.66. The second-order valence-corrected chi connectivity index (χ2v) is 9.19. The van der Waals surface area contributed by atoms with Crippen LogP contribution in [0.3, 0.4) is 0 Å². The Bertz CT molecular complexity index is 211. The van der Waals surface area contributed by atoms with E-state index in [4.69, 9.17) is 4.43 Å². The first-order chi connectivity index (χ1) is 6.41. The molecule has 2 atom stereocenters. The smallest absolute Gasteiger partial charge is 0.187 e. The molecule has 14 heavy (non-hydrogen) atoms. The maximum absolute atomic E-state index is 9.69. The van der Waals surface area contributed by atoms with Crippen LogP contribution in [-0.2, 0) is 4.43 Å². The van der Waals surface area contributed by atoms with E-state index in [-0.39, 0.29) is 6.10 Å². The molecule has 0 unspecified atom stereocenters. The van der Waals surface area contributed by atoms with Crippen molar-refractivity contribution >= 4 is 8.32 Å². The van der Waals surface area contributed by atoms with E-state index in [0.29, 0.717) is 12.0 Å². The third kappa shape index (κ3) is 3.56. The first kappa shape index (κ1) is 11.9. The molecule has 0 bridgehead atoms. The molecule has 0 spiro atoms. The zero-order valence-corrected chi connectivity index (χ0v) is 10.7. The molecule has 1 rings (SSSR count). The second-order valence-electron chi connectivity index (χ2n) is 5.03. The molecular formula is C11H22O2Si. The Morgan fingerprint density at radius 3 is 2.57 bits per heavy atom. The van der Waals surface area contributed by atoms with E-state index in [2.05, 4.69) is 39.1 Å². The highest BCUT2D eigenvalue weighted by molar-refractivity contribution is 6.71. The van der Waals surface area contributed by atoms with Crippen molar-refractivity contribution < 1.29 is 9.53 Å². The van der Waals surface area contributed by atoms with Gasteiger partial charge in [0.2, 0.25) is 0 Å². The van der Waals surface area contributed by atoms with Crippen LogP contribution in [0.2, 0.25) is 19.1 Å². The molecule has 1 aliphatic carbocycles. The average Bonchev–Trinajstić information content (AvgIpc) is 2.32. The molecule has 0 saturated heterocycles. The van der Waals surface area contributed by atoms with Crippen LogP contribution < -0.4 is 0 Å². The van der Waals surface area contributed by atoms with Gasteiger partial charge in [0, 0.05) is 12.0 Å². The second kappa shape index (κ2) is 4.60. The van der Waals surface area contributed by atoms with Gasteiger partial charge >= 0.3 is 0 Å². The van der Waals surface area contributed by atoms with Crippen molar-refractivity contribution in [3.8, 4) is 0 Å². The van der Waals surface area contributed by atoms with Gasteiger partial charge in [0.05, 0.1) is 6.10 Å². The zero-order chi connectivity index (χ0) is 10.8. The molecule has 0 aliphatic heterocycles. The van der Waals surface area contributed by atoms with E-state index in [0.717, 1.165) is 12.5 Å². The number of hydrogen-bond acceptors (Lipinski definition) is 2. The van der Waals surface area contributed by atoms with E-state index in [1.807, 2.05) is 0 Å². The maximum atomic E-state index is 9.69. The minimum Gasteiger partial charge on any atom is -0.415 e. The third-order valence-electron chi connectivity index (χ3n) is 2.54. The highest BCUT2D eigenvalue weighted by atomic mass is 28.4. The SMILES string of the molecule is CC(C)O[Si](C)(C)C[C@H]1C=CC[C@@H]1O. The molecule has 0 radical (unpaired) electrons. The van der Waals surface area contributed by atoms with Crippen molar-refractivity contribution in [2.75, 3.05) is 0 Å². The minimum atomic E-state index is -1.58. The van der Waals surface area contributed by atoms with Crippen LogP contribution in [0.15, 0.2) is 12.2 Å². The molecule has 0 saturated carbocycles. The molecule has 1 N–H and O–H groups in total. The fraction of sp³-hybridized carbons (Fsp3) is 0.818. The first-order valence-electron chi connectivity index (χ1n) is 5.43. The van der Waals surface area contributed by atoms with Gasteiger partial charge in [0.25, 0.3) is 0 Å². The van der Waals surface area contributed by atoms with Gasteiger partial charge in [-0.2, -0.15) is 0 Å². The largest absolute Gasteiger partial charge is 0.415 e. The summed E-state index contributed by atoms with van der Waals surface area (Å²) in [4.78, 5) is 0. The van der Waals surface area contributed by atoms with Crippen LogP contribution in [0, 0.1) is 5.92 Å². The molecule has 3 heteroatoms. The number of aliphatic hydroxyl groups excluding tert-OH is 1. The van der Waals surface area contributed by atoms with E-state index in [1.54, 1.807) is 0 Å². The molecule has 0 fully saturated rings. The van der Waals surface area contributed by atoms with E-state index < -0.39 is 8.32 Å². The van der Waals surface area contributed by atoms with Crippen LogP contribution in [0.4, 0.5) is 0 Å². The molecule has 0 aromatic rings. The molecule has 2 nitrogen and oxygen atoms in total. The first-order valence-corrected chi connectivity index (χ1v) is 8.55. The molecule has 0 heterocycles. The molecule has 0 aromatic heterocycles. The summed E-state index contributed by atoms with van der Waals surface area (Å²) in [5.74, 6) is 0.329. The lowest BCUT2D eigenvalue weighted by Crippen LogP contribution is -2.37. The van der Waals surface area contributed by atoms with E-state index in [9.17, 15) is 5.11 Å². The fourth-order valence-electron chi connectivity index (χ4n) is 2.15. The summed E-state index contributed by atoms with van der Waals surface area (Å²) in [7, 11) is -1.58. The Kier molecular flexibility index (Phi) is 3.92. The van der Waals surface area contributed by atoms with Crippen molar-refractivity contribution in [1.82, 2.24) is 0 Å². The van der Waals surface area contributed by atoms with Gasteiger partial charge in [0.1, 0.15) is 0 Å². The summed E-state index contributed by atoms with van der Waals surface area (Å²) in [6, 6.07) is 1.03. The molecule has 82 valence electrons. The lowest BCUT2D eigenvalue weighted by atomic mass is 10.1.